The zero-order valence-electron chi connectivity index (χ0n) is 12.9. The summed E-state index contributed by atoms with van der Waals surface area (Å²) in [7, 11) is 0. The molecular formula is C17H33N. The molecule has 1 nitrogen and oxygen atoms in total. The summed E-state index contributed by atoms with van der Waals surface area (Å²) in [5.74, 6) is 6.28. The van der Waals surface area contributed by atoms with Gasteiger partial charge in [-0.05, 0) is 18.3 Å². The summed E-state index contributed by atoms with van der Waals surface area (Å²) in [6.45, 7) is 7.69. The molecule has 0 atom stereocenters. The van der Waals surface area contributed by atoms with Crippen LogP contribution in [0.15, 0.2) is 0 Å². The second-order valence-electron chi connectivity index (χ2n) is 6.43. The molecule has 0 bridgehead atoms. The Hall–Kier alpha value is -0.480. The van der Waals surface area contributed by atoms with E-state index in [1.54, 1.807) is 0 Å². The molecule has 0 saturated heterocycles. The molecule has 106 valence electrons. The van der Waals surface area contributed by atoms with Gasteiger partial charge in [-0.1, -0.05) is 59.3 Å². The maximum atomic E-state index is 5.37. The van der Waals surface area contributed by atoms with Crippen LogP contribution in [0.25, 0.3) is 0 Å². The molecule has 0 heterocycles. The first kappa shape index (κ1) is 17.5. The van der Waals surface area contributed by atoms with Gasteiger partial charge < -0.3 is 5.73 Å². The van der Waals surface area contributed by atoms with E-state index < -0.39 is 0 Å². The van der Waals surface area contributed by atoms with Crippen molar-refractivity contribution in [3.05, 3.63) is 0 Å². The molecule has 0 aliphatic rings. The summed E-state index contributed by atoms with van der Waals surface area (Å²) >= 11 is 0. The molecule has 0 aliphatic heterocycles. The van der Waals surface area contributed by atoms with Crippen LogP contribution in [0.1, 0.15) is 85.0 Å². The first-order valence-electron chi connectivity index (χ1n) is 7.72. The molecule has 0 aromatic carbocycles. The molecule has 0 saturated carbocycles. The highest BCUT2D eigenvalue weighted by Gasteiger charge is 2.08. The minimum atomic E-state index is 0.516. The van der Waals surface area contributed by atoms with Gasteiger partial charge in [0.15, 0.2) is 0 Å². The van der Waals surface area contributed by atoms with Gasteiger partial charge in [-0.15, -0.1) is 11.8 Å². The summed E-state index contributed by atoms with van der Waals surface area (Å²) in [5.41, 5.74) is 5.89. The maximum Gasteiger partial charge on any atom is 0.0212 e. The summed E-state index contributed by atoms with van der Waals surface area (Å²) in [6.07, 6.45) is 12.9. The van der Waals surface area contributed by atoms with E-state index in [1.165, 1.54) is 51.4 Å². The number of hydrogen-bond acceptors (Lipinski definition) is 1. The molecule has 2 N–H and O–H groups in total. The van der Waals surface area contributed by atoms with E-state index in [0.717, 1.165) is 12.8 Å². The van der Waals surface area contributed by atoms with E-state index >= 15 is 0 Å². The lowest BCUT2D eigenvalue weighted by Crippen LogP contribution is -2.03. The van der Waals surface area contributed by atoms with Gasteiger partial charge in [0.2, 0.25) is 0 Å². The van der Waals surface area contributed by atoms with Crippen molar-refractivity contribution in [2.45, 2.75) is 85.0 Å². The normalized spacial score (nSPS) is 11.1. The van der Waals surface area contributed by atoms with Crippen LogP contribution >= 0.6 is 0 Å². The van der Waals surface area contributed by atoms with Gasteiger partial charge in [-0.25, -0.2) is 0 Å². The molecule has 0 aromatic heterocycles. The van der Waals surface area contributed by atoms with Crippen molar-refractivity contribution in [2.24, 2.45) is 11.1 Å². The van der Waals surface area contributed by atoms with E-state index in [2.05, 4.69) is 32.6 Å². The summed E-state index contributed by atoms with van der Waals surface area (Å²) in [6, 6.07) is 0. The molecule has 0 spiro atoms. The smallest absolute Gasteiger partial charge is 0.0212 e. The van der Waals surface area contributed by atoms with Gasteiger partial charge in [0.1, 0.15) is 0 Å². The van der Waals surface area contributed by atoms with Gasteiger partial charge in [0, 0.05) is 19.4 Å². The first-order chi connectivity index (χ1) is 8.56. The van der Waals surface area contributed by atoms with Crippen LogP contribution in [0.5, 0.6) is 0 Å². The third-order valence-electron chi connectivity index (χ3n) is 3.12. The molecule has 0 aliphatic carbocycles. The number of unbranched alkanes of at least 4 members (excludes halogenated alkanes) is 7. The van der Waals surface area contributed by atoms with E-state index in [9.17, 15) is 0 Å². The van der Waals surface area contributed by atoms with Crippen molar-refractivity contribution in [2.75, 3.05) is 6.54 Å². The molecule has 0 amide bonds. The van der Waals surface area contributed by atoms with Gasteiger partial charge in [-0.3, -0.25) is 0 Å². The monoisotopic (exact) mass is 251 g/mol. The zero-order chi connectivity index (χ0) is 13.7. The fraction of sp³-hybridized carbons (Fsp3) is 0.882. The summed E-state index contributed by atoms with van der Waals surface area (Å²) < 4.78 is 0. The van der Waals surface area contributed by atoms with Crippen LogP contribution in [-0.2, 0) is 0 Å². The van der Waals surface area contributed by atoms with Crippen molar-refractivity contribution < 1.29 is 0 Å². The fourth-order valence-corrected chi connectivity index (χ4v) is 2.00. The Labute approximate surface area is 115 Å². The predicted molar refractivity (Wildman–Crippen MR) is 82.5 cm³/mol. The third-order valence-corrected chi connectivity index (χ3v) is 3.12. The molecule has 0 fully saturated rings. The Bertz CT molecular complexity index is 226. The Morgan fingerprint density at radius 1 is 0.722 bits per heavy atom. The highest BCUT2D eigenvalue weighted by molar-refractivity contribution is 4.98. The topological polar surface area (TPSA) is 26.0 Å². The van der Waals surface area contributed by atoms with E-state index in [0.29, 0.717) is 12.0 Å². The predicted octanol–water partition coefficient (Wildman–Crippen LogP) is 4.90. The average molecular weight is 251 g/mol. The zero-order valence-corrected chi connectivity index (χ0v) is 12.9. The van der Waals surface area contributed by atoms with Crippen LogP contribution < -0.4 is 5.73 Å². The number of rotatable bonds is 9. The van der Waals surface area contributed by atoms with Crippen LogP contribution in [0.4, 0.5) is 0 Å². The SMILES string of the molecule is CC(C)(C)CCCCCCCCCC#CCCN. The van der Waals surface area contributed by atoms with Crippen molar-refractivity contribution >= 4 is 0 Å². The van der Waals surface area contributed by atoms with E-state index in [4.69, 9.17) is 5.73 Å². The highest BCUT2D eigenvalue weighted by atomic mass is 14.5. The van der Waals surface area contributed by atoms with Gasteiger partial charge >= 0.3 is 0 Å². The van der Waals surface area contributed by atoms with Gasteiger partial charge in [-0.2, -0.15) is 0 Å². The summed E-state index contributed by atoms with van der Waals surface area (Å²) in [5, 5.41) is 0. The molecule has 0 aromatic rings. The molecular weight excluding hydrogens is 218 g/mol. The molecule has 0 rings (SSSR count). The Morgan fingerprint density at radius 2 is 1.22 bits per heavy atom. The molecule has 0 unspecified atom stereocenters. The van der Waals surface area contributed by atoms with Crippen molar-refractivity contribution in [3.8, 4) is 11.8 Å². The quantitative estimate of drug-likeness (QED) is 0.458. The standard InChI is InChI=1S/C17H33N/c1-17(2,3)15-13-11-9-7-5-4-6-8-10-12-14-16-18/h4-9,11,13-16,18H2,1-3H3. The minimum Gasteiger partial charge on any atom is -0.330 e. The number of hydrogen-bond donors (Lipinski definition) is 1. The Morgan fingerprint density at radius 3 is 1.78 bits per heavy atom. The molecule has 1 heteroatoms. The lowest BCUT2D eigenvalue weighted by Gasteiger charge is -2.17. The van der Waals surface area contributed by atoms with Crippen molar-refractivity contribution in [1.82, 2.24) is 0 Å². The van der Waals surface area contributed by atoms with E-state index in [-0.39, 0.29) is 0 Å². The second kappa shape index (κ2) is 11.6. The van der Waals surface area contributed by atoms with Gasteiger partial charge in [0.25, 0.3) is 0 Å². The first-order valence-corrected chi connectivity index (χ1v) is 7.72. The molecule has 18 heavy (non-hydrogen) atoms. The third kappa shape index (κ3) is 15.5. The number of nitrogens with two attached hydrogens (primary N) is 1. The summed E-state index contributed by atoms with van der Waals surface area (Å²) in [4.78, 5) is 0. The van der Waals surface area contributed by atoms with Crippen LogP contribution in [0, 0.1) is 17.3 Å². The Kier molecular flexibility index (Phi) is 11.3. The minimum absolute atomic E-state index is 0.516. The van der Waals surface area contributed by atoms with Crippen molar-refractivity contribution in [1.29, 1.82) is 0 Å². The lowest BCUT2D eigenvalue weighted by molar-refractivity contribution is 0.356. The lowest BCUT2D eigenvalue weighted by atomic mass is 9.89. The average Bonchev–Trinajstić information content (AvgIpc) is 2.29. The second-order valence-corrected chi connectivity index (χ2v) is 6.43. The van der Waals surface area contributed by atoms with Crippen LogP contribution in [0.2, 0.25) is 0 Å². The largest absolute Gasteiger partial charge is 0.330 e. The van der Waals surface area contributed by atoms with Crippen molar-refractivity contribution in [3.63, 3.8) is 0 Å². The molecule has 0 radical (unpaired) electrons. The fourth-order valence-electron chi connectivity index (χ4n) is 2.00. The van der Waals surface area contributed by atoms with E-state index in [1.807, 2.05) is 0 Å². The Balaban J connectivity index is 3.11. The van der Waals surface area contributed by atoms with Crippen LogP contribution in [-0.4, -0.2) is 6.54 Å². The van der Waals surface area contributed by atoms with Gasteiger partial charge in [0.05, 0.1) is 0 Å². The van der Waals surface area contributed by atoms with Crippen LogP contribution in [0.3, 0.4) is 0 Å². The highest BCUT2D eigenvalue weighted by Crippen LogP contribution is 2.22. The maximum absolute atomic E-state index is 5.37.